The van der Waals surface area contributed by atoms with Crippen molar-refractivity contribution in [2.75, 3.05) is 11.9 Å². The topological polar surface area (TPSA) is 98.7 Å². The van der Waals surface area contributed by atoms with E-state index in [1.807, 2.05) is 6.92 Å². The summed E-state index contributed by atoms with van der Waals surface area (Å²) in [4.78, 5) is 11.8. The average molecular weight is 292 g/mol. The molecule has 1 unspecified atom stereocenters. The molecule has 112 valence electrons. The van der Waals surface area contributed by atoms with Gasteiger partial charge < -0.3 is 11.1 Å². The van der Waals surface area contributed by atoms with E-state index in [2.05, 4.69) is 20.8 Å². The second kappa shape index (κ2) is 6.89. The highest BCUT2D eigenvalue weighted by atomic mass is 19.1. The van der Waals surface area contributed by atoms with Gasteiger partial charge in [0, 0.05) is 6.42 Å². The zero-order valence-electron chi connectivity index (χ0n) is 11.7. The highest BCUT2D eigenvalue weighted by Crippen LogP contribution is 2.19. The second-order valence-corrected chi connectivity index (χ2v) is 4.85. The van der Waals surface area contributed by atoms with Gasteiger partial charge >= 0.3 is 0 Å². The first-order valence-corrected chi connectivity index (χ1v) is 6.63. The molecule has 0 aliphatic heterocycles. The van der Waals surface area contributed by atoms with E-state index < -0.39 is 5.82 Å². The Kier molecular flexibility index (Phi) is 4.94. The lowest BCUT2D eigenvalue weighted by Crippen LogP contribution is -2.17. The SMILES string of the molecule is CC(CN)CCC(=O)Nc1cc(-n2cnnn2)ccc1F. The van der Waals surface area contributed by atoms with Crippen molar-refractivity contribution in [3.05, 3.63) is 30.3 Å². The quantitative estimate of drug-likeness (QED) is 0.831. The number of hydrogen-bond acceptors (Lipinski definition) is 5. The second-order valence-electron chi connectivity index (χ2n) is 4.85. The number of amides is 1. The van der Waals surface area contributed by atoms with E-state index in [0.29, 0.717) is 25.1 Å². The number of carbonyl (C=O) groups is 1. The predicted molar refractivity (Wildman–Crippen MR) is 75.2 cm³/mol. The van der Waals surface area contributed by atoms with Crippen molar-refractivity contribution in [2.24, 2.45) is 11.7 Å². The lowest BCUT2D eigenvalue weighted by molar-refractivity contribution is -0.116. The maximum absolute atomic E-state index is 13.7. The molecule has 1 heterocycles. The van der Waals surface area contributed by atoms with Gasteiger partial charge in [-0.05, 0) is 47.5 Å². The van der Waals surface area contributed by atoms with Gasteiger partial charge in [-0.2, -0.15) is 0 Å². The molecule has 0 spiro atoms. The molecule has 0 aliphatic carbocycles. The fourth-order valence-corrected chi connectivity index (χ4v) is 1.74. The predicted octanol–water partition coefficient (Wildman–Crippen LogP) is 1.11. The Hall–Kier alpha value is -2.35. The van der Waals surface area contributed by atoms with E-state index in [4.69, 9.17) is 5.73 Å². The number of rotatable bonds is 6. The number of carbonyl (C=O) groups excluding carboxylic acids is 1. The van der Waals surface area contributed by atoms with Gasteiger partial charge in [0.25, 0.3) is 0 Å². The molecule has 21 heavy (non-hydrogen) atoms. The van der Waals surface area contributed by atoms with Crippen LogP contribution in [0.2, 0.25) is 0 Å². The van der Waals surface area contributed by atoms with E-state index in [1.165, 1.54) is 29.2 Å². The number of aromatic nitrogens is 4. The summed E-state index contributed by atoms with van der Waals surface area (Å²) in [5, 5.41) is 13.3. The van der Waals surface area contributed by atoms with Crippen molar-refractivity contribution in [3.63, 3.8) is 0 Å². The van der Waals surface area contributed by atoms with Gasteiger partial charge in [-0.1, -0.05) is 6.92 Å². The van der Waals surface area contributed by atoms with Crippen molar-refractivity contribution in [2.45, 2.75) is 19.8 Å². The third-order valence-corrected chi connectivity index (χ3v) is 3.10. The third-order valence-electron chi connectivity index (χ3n) is 3.10. The normalized spacial score (nSPS) is 12.1. The summed E-state index contributed by atoms with van der Waals surface area (Å²) in [7, 11) is 0. The standard InChI is InChI=1S/C13H17FN6O/c1-9(7-15)2-5-13(21)17-12-6-10(3-4-11(12)14)20-8-16-18-19-20/h3-4,6,8-9H,2,5,7,15H2,1H3,(H,17,21). The Morgan fingerprint density at radius 3 is 3.00 bits per heavy atom. The van der Waals surface area contributed by atoms with Crippen molar-refractivity contribution >= 4 is 11.6 Å². The van der Waals surface area contributed by atoms with Gasteiger partial charge in [0.2, 0.25) is 5.91 Å². The van der Waals surface area contributed by atoms with Crippen LogP contribution in [-0.4, -0.2) is 32.7 Å². The van der Waals surface area contributed by atoms with Crippen LogP contribution in [0.3, 0.4) is 0 Å². The van der Waals surface area contributed by atoms with E-state index in [0.717, 1.165) is 0 Å². The molecule has 7 nitrogen and oxygen atoms in total. The molecule has 8 heteroatoms. The van der Waals surface area contributed by atoms with Crippen molar-refractivity contribution in [1.29, 1.82) is 0 Å². The number of hydrogen-bond donors (Lipinski definition) is 2. The Labute approximate surface area is 121 Å². The third kappa shape index (κ3) is 4.06. The van der Waals surface area contributed by atoms with Crippen LogP contribution in [0.5, 0.6) is 0 Å². The Bertz CT molecular complexity index is 601. The lowest BCUT2D eigenvalue weighted by atomic mass is 10.1. The van der Waals surface area contributed by atoms with E-state index in [-0.39, 0.29) is 17.5 Å². The minimum atomic E-state index is -0.507. The molecular formula is C13H17FN6O. The number of tetrazole rings is 1. The van der Waals surface area contributed by atoms with Crippen LogP contribution >= 0.6 is 0 Å². The summed E-state index contributed by atoms with van der Waals surface area (Å²) in [6, 6.07) is 4.27. The van der Waals surface area contributed by atoms with Gasteiger partial charge in [0.1, 0.15) is 12.1 Å². The highest BCUT2D eigenvalue weighted by molar-refractivity contribution is 5.91. The highest BCUT2D eigenvalue weighted by Gasteiger charge is 2.10. The maximum atomic E-state index is 13.7. The summed E-state index contributed by atoms with van der Waals surface area (Å²) >= 11 is 0. The molecule has 0 radical (unpaired) electrons. The van der Waals surface area contributed by atoms with Gasteiger partial charge in [0.05, 0.1) is 11.4 Å². The zero-order valence-corrected chi connectivity index (χ0v) is 11.7. The number of benzene rings is 1. The summed E-state index contributed by atoms with van der Waals surface area (Å²) < 4.78 is 15.1. The smallest absolute Gasteiger partial charge is 0.224 e. The molecule has 1 aromatic carbocycles. The van der Waals surface area contributed by atoms with Gasteiger partial charge in [-0.15, -0.1) is 5.10 Å². The largest absolute Gasteiger partial charge is 0.330 e. The number of nitrogens with zero attached hydrogens (tertiary/aromatic N) is 4. The van der Waals surface area contributed by atoms with Crippen molar-refractivity contribution < 1.29 is 9.18 Å². The molecule has 1 atom stereocenters. The van der Waals surface area contributed by atoms with Gasteiger partial charge in [-0.25, -0.2) is 9.07 Å². The molecule has 1 amide bonds. The summed E-state index contributed by atoms with van der Waals surface area (Å²) in [6.45, 7) is 2.49. The number of anilines is 1. The molecule has 0 fully saturated rings. The maximum Gasteiger partial charge on any atom is 0.224 e. The molecule has 2 rings (SSSR count). The first kappa shape index (κ1) is 15.0. The summed E-state index contributed by atoms with van der Waals surface area (Å²) in [5.41, 5.74) is 6.16. The van der Waals surface area contributed by atoms with E-state index >= 15 is 0 Å². The zero-order chi connectivity index (χ0) is 15.2. The molecule has 0 aliphatic rings. The van der Waals surface area contributed by atoms with E-state index in [9.17, 15) is 9.18 Å². The molecule has 2 aromatic rings. The Balaban J connectivity index is 2.05. The van der Waals surface area contributed by atoms with E-state index in [1.54, 1.807) is 0 Å². The number of nitrogens with one attached hydrogen (secondary N) is 1. The lowest BCUT2D eigenvalue weighted by Gasteiger charge is -2.10. The molecular weight excluding hydrogens is 275 g/mol. The van der Waals surface area contributed by atoms with Crippen LogP contribution in [0.15, 0.2) is 24.5 Å². The number of nitrogens with two attached hydrogens (primary N) is 1. The first-order chi connectivity index (χ1) is 10.1. The van der Waals surface area contributed by atoms with Crippen LogP contribution in [-0.2, 0) is 4.79 Å². The minimum absolute atomic E-state index is 0.105. The molecule has 1 aromatic heterocycles. The van der Waals surface area contributed by atoms with Crippen molar-refractivity contribution in [3.8, 4) is 5.69 Å². The number of halogens is 1. The fraction of sp³-hybridized carbons (Fsp3) is 0.385. The van der Waals surface area contributed by atoms with Crippen LogP contribution in [0.4, 0.5) is 10.1 Å². The molecule has 3 N–H and O–H groups in total. The minimum Gasteiger partial charge on any atom is -0.330 e. The van der Waals surface area contributed by atoms with Crippen LogP contribution in [0.25, 0.3) is 5.69 Å². The van der Waals surface area contributed by atoms with Crippen LogP contribution < -0.4 is 11.1 Å². The van der Waals surface area contributed by atoms with Crippen LogP contribution in [0.1, 0.15) is 19.8 Å². The average Bonchev–Trinajstić information content (AvgIpc) is 3.01. The molecule has 0 saturated heterocycles. The van der Waals surface area contributed by atoms with Crippen molar-refractivity contribution in [1.82, 2.24) is 20.2 Å². The Morgan fingerprint density at radius 1 is 1.52 bits per heavy atom. The summed E-state index contributed by atoms with van der Waals surface area (Å²) in [6.07, 6.45) is 2.35. The fourth-order valence-electron chi connectivity index (χ4n) is 1.74. The Morgan fingerprint density at radius 2 is 2.33 bits per heavy atom. The van der Waals surface area contributed by atoms with Gasteiger partial charge in [-0.3, -0.25) is 4.79 Å². The monoisotopic (exact) mass is 292 g/mol. The summed E-state index contributed by atoms with van der Waals surface area (Å²) in [5.74, 6) is -0.497. The molecule has 0 saturated carbocycles. The first-order valence-electron chi connectivity index (χ1n) is 6.63. The molecule has 0 bridgehead atoms. The van der Waals surface area contributed by atoms with Gasteiger partial charge in [0.15, 0.2) is 0 Å². The van der Waals surface area contributed by atoms with Crippen LogP contribution in [0, 0.1) is 11.7 Å².